The third-order valence-electron chi connectivity index (χ3n) is 3.71. The van der Waals surface area contributed by atoms with E-state index >= 15 is 0 Å². The normalized spacial score (nSPS) is 17.6. The number of carbonyl (C=O) groups is 2. The molecular formula is C16H14Cl2N2O3. The summed E-state index contributed by atoms with van der Waals surface area (Å²) in [7, 11) is 0. The number of nitrogens with zero attached hydrogens (tertiary/aromatic N) is 1. The standard InChI is InChI=1S/C16H14Cl2N2O3/c17-11-3-4-13(18)14(7-11)20-9-10(6-15(20)21)16(22)19-8-12-2-1-5-23-12/h1-5,7,10H,6,8-9H2,(H,19,22). The summed E-state index contributed by atoms with van der Waals surface area (Å²) in [4.78, 5) is 25.9. The van der Waals surface area contributed by atoms with Crippen LogP contribution in [0.25, 0.3) is 0 Å². The maximum Gasteiger partial charge on any atom is 0.227 e. The number of furan rings is 1. The summed E-state index contributed by atoms with van der Waals surface area (Å²) in [6, 6.07) is 8.45. The van der Waals surface area contributed by atoms with Crippen molar-refractivity contribution in [2.24, 2.45) is 5.92 Å². The molecule has 1 saturated heterocycles. The van der Waals surface area contributed by atoms with Crippen molar-refractivity contribution in [3.8, 4) is 0 Å². The first-order chi connectivity index (χ1) is 11.0. The molecule has 2 aromatic rings. The van der Waals surface area contributed by atoms with E-state index in [1.54, 1.807) is 36.6 Å². The number of amides is 2. The average Bonchev–Trinajstić information content (AvgIpc) is 3.17. The Morgan fingerprint density at radius 2 is 2.17 bits per heavy atom. The molecule has 2 amide bonds. The SMILES string of the molecule is O=C(NCc1ccco1)C1CC(=O)N(c2cc(Cl)ccc2Cl)C1. The Labute approximate surface area is 143 Å². The van der Waals surface area contributed by atoms with Crippen molar-refractivity contribution >= 4 is 40.7 Å². The summed E-state index contributed by atoms with van der Waals surface area (Å²) in [5.74, 6) is -0.0901. The van der Waals surface area contributed by atoms with Crippen molar-refractivity contribution in [2.75, 3.05) is 11.4 Å². The number of benzene rings is 1. The first-order valence-corrected chi connectivity index (χ1v) is 7.85. The fourth-order valence-corrected chi connectivity index (χ4v) is 2.93. The van der Waals surface area contributed by atoms with Crippen LogP contribution in [0.2, 0.25) is 10.0 Å². The predicted octanol–water partition coefficient (Wildman–Crippen LogP) is 3.26. The molecule has 1 atom stereocenters. The molecule has 120 valence electrons. The second-order valence-electron chi connectivity index (χ2n) is 5.30. The third-order valence-corrected chi connectivity index (χ3v) is 4.27. The molecule has 1 aromatic carbocycles. The minimum absolute atomic E-state index is 0.146. The highest BCUT2D eigenvalue weighted by atomic mass is 35.5. The smallest absolute Gasteiger partial charge is 0.227 e. The van der Waals surface area contributed by atoms with Crippen molar-refractivity contribution in [1.29, 1.82) is 0 Å². The second kappa shape index (κ2) is 6.64. The molecule has 0 aliphatic carbocycles. The second-order valence-corrected chi connectivity index (χ2v) is 6.14. The van der Waals surface area contributed by atoms with Gasteiger partial charge >= 0.3 is 0 Å². The third kappa shape index (κ3) is 3.51. The minimum atomic E-state index is -0.424. The lowest BCUT2D eigenvalue weighted by atomic mass is 10.1. The molecule has 0 radical (unpaired) electrons. The summed E-state index contributed by atoms with van der Waals surface area (Å²) in [6.45, 7) is 0.581. The monoisotopic (exact) mass is 352 g/mol. The lowest BCUT2D eigenvalue weighted by molar-refractivity contribution is -0.126. The molecule has 0 saturated carbocycles. The Morgan fingerprint density at radius 3 is 2.91 bits per heavy atom. The van der Waals surface area contributed by atoms with E-state index in [2.05, 4.69) is 5.32 Å². The molecule has 0 spiro atoms. The lowest BCUT2D eigenvalue weighted by Crippen LogP contribution is -2.32. The molecule has 7 heteroatoms. The fourth-order valence-electron chi connectivity index (χ4n) is 2.54. The highest BCUT2D eigenvalue weighted by Gasteiger charge is 2.35. The van der Waals surface area contributed by atoms with Crippen LogP contribution < -0.4 is 10.2 Å². The van der Waals surface area contributed by atoms with Crippen LogP contribution in [0.1, 0.15) is 12.2 Å². The molecule has 3 rings (SSSR count). The topological polar surface area (TPSA) is 62.6 Å². The summed E-state index contributed by atoms with van der Waals surface area (Å²) in [5.41, 5.74) is 0.533. The van der Waals surface area contributed by atoms with Gasteiger partial charge in [0.25, 0.3) is 0 Å². The van der Waals surface area contributed by atoms with Gasteiger partial charge in [-0.05, 0) is 30.3 Å². The van der Waals surface area contributed by atoms with Crippen LogP contribution in [0.15, 0.2) is 41.0 Å². The quantitative estimate of drug-likeness (QED) is 0.918. The van der Waals surface area contributed by atoms with E-state index < -0.39 is 5.92 Å². The summed E-state index contributed by atoms with van der Waals surface area (Å²) in [5, 5.41) is 3.69. The van der Waals surface area contributed by atoms with Gasteiger partial charge in [0.05, 0.1) is 29.4 Å². The molecular weight excluding hydrogens is 339 g/mol. The molecule has 2 heterocycles. The number of hydrogen-bond donors (Lipinski definition) is 1. The predicted molar refractivity (Wildman–Crippen MR) is 87.5 cm³/mol. The summed E-state index contributed by atoms with van der Waals surface area (Å²) < 4.78 is 5.16. The molecule has 1 unspecified atom stereocenters. The Bertz CT molecular complexity index is 731. The van der Waals surface area contributed by atoms with Gasteiger partial charge in [-0.25, -0.2) is 0 Å². The Kier molecular flexibility index (Phi) is 4.59. The van der Waals surface area contributed by atoms with Crippen molar-refractivity contribution < 1.29 is 14.0 Å². The largest absolute Gasteiger partial charge is 0.467 e. The van der Waals surface area contributed by atoms with Gasteiger partial charge in [-0.1, -0.05) is 23.2 Å². The Hall–Kier alpha value is -1.98. The van der Waals surface area contributed by atoms with E-state index in [1.807, 2.05) is 0 Å². The van der Waals surface area contributed by atoms with Gasteiger partial charge in [0, 0.05) is 18.0 Å². The first-order valence-electron chi connectivity index (χ1n) is 7.10. The fraction of sp³-hybridized carbons (Fsp3) is 0.250. The van der Waals surface area contributed by atoms with Crippen molar-refractivity contribution in [1.82, 2.24) is 5.32 Å². The maximum atomic E-state index is 12.2. The van der Waals surface area contributed by atoms with Gasteiger partial charge in [0.2, 0.25) is 11.8 Å². The van der Waals surface area contributed by atoms with Gasteiger partial charge in [-0.15, -0.1) is 0 Å². The number of halogens is 2. The van der Waals surface area contributed by atoms with E-state index in [-0.39, 0.29) is 24.8 Å². The van der Waals surface area contributed by atoms with Gasteiger partial charge < -0.3 is 14.6 Å². The van der Waals surface area contributed by atoms with E-state index in [1.165, 1.54) is 4.90 Å². The highest BCUT2D eigenvalue weighted by molar-refractivity contribution is 6.35. The van der Waals surface area contributed by atoms with Gasteiger partial charge in [-0.3, -0.25) is 9.59 Å². The number of nitrogens with one attached hydrogen (secondary N) is 1. The van der Waals surface area contributed by atoms with Gasteiger partial charge in [0.1, 0.15) is 5.76 Å². The molecule has 1 aliphatic rings. The van der Waals surface area contributed by atoms with E-state index in [9.17, 15) is 9.59 Å². The maximum absolute atomic E-state index is 12.2. The van der Waals surface area contributed by atoms with Crippen LogP contribution in [0, 0.1) is 5.92 Å². The lowest BCUT2D eigenvalue weighted by Gasteiger charge is -2.18. The molecule has 1 aliphatic heterocycles. The summed E-state index contributed by atoms with van der Waals surface area (Å²) in [6.07, 6.45) is 1.69. The molecule has 5 nitrogen and oxygen atoms in total. The van der Waals surface area contributed by atoms with Crippen LogP contribution in [0.5, 0.6) is 0 Å². The zero-order chi connectivity index (χ0) is 16.4. The van der Waals surface area contributed by atoms with Crippen molar-refractivity contribution in [3.63, 3.8) is 0 Å². The zero-order valence-corrected chi connectivity index (χ0v) is 13.6. The molecule has 0 bridgehead atoms. The molecule has 1 N–H and O–H groups in total. The minimum Gasteiger partial charge on any atom is -0.467 e. The van der Waals surface area contributed by atoms with Crippen LogP contribution in [0.4, 0.5) is 5.69 Å². The first kappa shape index (κ1) is 15.9. The van der Waals surface area contributed by atoms with Crippen LogP contribution in [-0.4, -0.2) is 18.4 Å². The summed E-state index contributed by atoms with van der Waals surface area (Å²) >= 11 is 12.1. The number of carbonyl (C=O) groups excluding carboxylic acids is 2. The molecule has 23 heavy (non-hydrogen) atoms. The van der Waals surface area contributed by atoms with Gasteiger partial charge in [-0.2, -0.15) is 0 Å². The Morgan fingerprint density at radius 1 is 1.35 bits per heavy atom. The molecule has 1 aromatic heterocycles. The van der Waals surface area contributed by atoms with E-state index in [0.29, 0.717) is 28.0 Å². The molecule has 1 fully saturated rings. The van der Waals surface area contributed by atoms with Gasteiger partial charge in [0.15, 0.2) is 0 Å². The van der Waals surface area contributed by atoms with Crippen molar-refractivity contribution in [3.05, 3.63) is 52.4 Å². The zero-order valence-electron chi connectivity index (χ0n) is 12.1. The van der Waals surface area contributed by atoms with Crippen LogP contribution >= 0.6 is 23.2 Å². The number of hydrogen-bond acceptors (Lipinski definition) is 3. The van der Waals surface area contributed by atoms with E-state index in [0.717, 1.165) is 0 Å². The Balaban J connectivity index is 1.67. The number of anilines is 1. The van der Waals surface area contributed by atoms with E-state index in [4.69, 9.17) is 27.6 Å². The average molecular weight is 353 g/mol. The van der Waals surface area contributed by atoms with Crippen LogP contribution in [-0.2, 0) is 16.1 Å². The highest BCUT2D eigenvalue weighted by Crippen LogP contribution is 2.33. The number of rotatable bonds is 4. The van der Waals surface area contributed by atoms with Crippen molar-refractivity contribution in [2.45, 2.75) is 13.0 Å². The van der Waals surface area contributed by atoms with Crippen LogP contribution in [0.3, 0.4) is 0 Å².